The molecule has 6 nitrogen and oxygen atoms in total. The van der Waals surface area contributed by atoms with Crippen LogP contribution in [0.15, 0.2) is 30.3 Å². The van der Waals surface area contributed by atoms with E-state index in [-0.39, 0.29) is 24.4 Å². The van der Waals surface area contributed by atoms with Crippen LogP contribution in [-0.2, 0) is 25.6 Å². The maximum atomic E-state index is 12.8. The first-order valence-electron chi connectivity index (χ1n) is 10.2. The zero-order chi connectivity index (χ0) is 22.3. The van der Waals surface area contributed by atoms with Gasteiger partial charge in [0, 0.05) is 17.5 Å². The molecule has 29 heavy (non-hydrogen) atoms. The highest BCUT2D eigenvalue weighted by molar-refractivity contribution is 5.79. The molecule has 0 aliphatic heterocycles. The Morgan fingerprint density at radius 2 is 1.34 bits per heavy atom. The molecular formula is C23H40N2O4. The van der Waals surface area contributed by atoms with E-state index in [1.807, 2.05) is 71.9 Å². The summed E-state index contributed by atoms with van der Waals surface area (Å²) in [5, 5.41) is 0. The third kappa shape index (κ3) is 10.8. The summed E-state index contributed by atoms with van der Waals surface area (Å²) in [5.74, 6) is -0.428. The smallest absolute Gasteiger partial charge is 0.338 e. The molecule has 0 aliphatic rings. The van der Waals surface area contributed by atoms with Crippen LogP contribution in [0, 0.1) is 0 Å². The lowest BCUT2D eigenvalue weighted by atomic mass is 9.89. The average Bonchev–Trinajstić information content (AvgIpc) is 2.54. The molecule has 0 aromatic heterocycles. The standard InChI is InChI=1S/C23H40N2O4/c1-20(2,24)16-22(5,6)28-13-14-29-23(7,17-21(3,4)25)19(26)27-15-18-11-9-8-10-12-18/h8-12H,13-17,24-25H2,1-7H3. The van der Waals surface area contributed by atoms with E-state index in [0.717, 1.165) is 5.56 Å². The molecule has 0 saturated heterocycles. The van der Waals surface area contributed by atoms with Gasteiger partial charge in [0.15, 0.2) is 5.60 Å². The lowest BCUT2D eigenvalue weighted by Crippen LogP contribution is -2.49. The first-order chi connectivity index (χ1) is 13.1. The predicted molar refractivity (Wildman–Crippen MR) is 116 cm³/mol. The molecule has 0 spiro atoms. The van der Waals surface area contributed by atoms with Gasteiger partial charge in [0.25, 0.3) is 0 Å². The molecule has 1 aromatic carbocycles. The van der Waals surface area contributed by atoms with E-state index in [2.05, 4.69) is 0 Å². The predicted octanol–water partition coefficient (Wildman–Crippen LogP) is 3.56. The fourth-order valence-electron chi connectivity index (χ4n) is 3.66. The Bertz CT molecular complexity index is 633. The Morgan fingerprint density at radius 1 is 0.828 bits per heavy atom. The van der Waals surface area contributed by atoms with Crippen LogP contribution in [0.4, 0.5) is 0 Å². The van der Waals surface area contributed by atoms with Crippen molar-refractivity contribution in [2.45, 2.75) is 90.2 Å². The van der Waals surface area contributed by atoms with Crippen molar-refractivity contribution < 1.29 is 19.0 Å². The van der Waals surface area contributed by atoms with Gasteiger partial charge in [-0.05, 0) is 60.5 Å². The summed E-state index contributed by atoms with van der Waals surface area (Å²) in [6, 6.07) is 9.55. The Kier molecular flexibility index (Phi) is 8.84. The number of hydrogen-bond donors (Lipinski definition) is 2. The van der Waals surface area contributed by atoms with E-state index in [1.54, 1.807) is 6.92 Å². The second-order valence-corrected chi connectivity index (χ2v) is 10.1. The number of nitrogens with two attached hydrogens (primary N) is 2. The van der Waals surface area contributed by atoms with Crippen LogP contribution in [-0.4, -0.2) is 41.5 Å². The lowest BCUT2D eigenvalue weighted by molar-refractivity contribution is -0.178. The highest BCUT2D eigenvalue weighted by atomic mass is 16.6. The maximum absolute atomic E-state index is 12.8. The highest BCUT2D eigenvalue weighted by Gasteiger charge is 2.40. The fraction of sp³-hybridized carbons (Fsp3) is 0.696. The van der Waals surface area contributed by atoms with Gasteiger partial charge in [-0.3, -0.25) is 0 Å². The van der Waals surface area contributed by atoms with Crippen molar-refractivity contribution >= 4 is 5.97 Å². The Balaban J connectivity index is 2.67. The van der Waals surface area contributed by atoms with E-state index in [9.17, 15) is 4.79 Å². The van der Waals surface area contributed by atoms with Crippen molar-refractivity contribution in [3.05, 3.63) is 35.9 Å². The van der Waals surface area contributed by atoms with Crippen molar-refractivity contribution in [3.63, 3.8) is 0 Å². The topological polar surface area (TPSA) is 96.8 Å². The summed E-state index contributed by atoms with van der Waals surface area (Å²) in [6.07, 6.45) is 1.03. The average molecular weight is 409 g/mol. The first kappa shape index (κ1) is 25.6. The Morgan fingerprint density at radius 3 is 1.86 bits per heavy atom. The number of benzene rings is 1. The summed E-state index contributed by atoms with van der Waals surface area (Å²) in [4.78, 5) is 12.8. The van der Waals surface area contributed by atoms with E-state index in [1.165, 1.54) is 0 Å². The van der Waals surface area contributed by atoms with Crippen molar-refractivity contribution in [1.82, 2.24) is 0 Å². The van der Waals surface area contributed by atoms with Gasteiger partial charge in [0.05, 0.1) is 18.8 Å². The summed E-state index contributed by atoms with van der Waals surface area (Å²) < 4.78 is 17.4. The molecule has 0 aliphatic carbocycles. The van der Waals surface area contributed by atoms with Crippen LogP contribution in [0.3, 0.4) is 0 Å². The first-order valence-corrected chi connectivity index (χ1v) is 10.2. The van der Waals surface area contributed by atoms with Gasteiger partial charge in [-0.2, -0.15) is 0 Å². The van der Waals surface area contributed by atoms with Gasteiger partial charge in [0.1, 0.15) is 6.61 Å². The molecule has 0 saturated carbocycles. The maximum Gasteiger partial charge on any atom is 0.338 e. The van der Waals surface area contributed by atoms with Crippen LogP contribution >= 0.6 is 0 Å². The number of carbonyl (C=O) groups is 1. The van der Waals surface area contributed by atoms with E-state index in [4.69, 9.17) is 25.7 Å². The van der Waals surface area contributed by atoms with Gasteiger partial charge in [-0.1, -0.05) is 30.3 Å². The Hall–Kier alpha value is -1.47. The van der Waals surface area contributed by atoms with Crippen LogP contribution in [0.5, 0.6) is 0 Å². The van der Waals surface area contributed by atoms with Crippen molar-refractivity contribution in [2.24, 2.45) is 11.5 Å². The molecule has 0 bridgehead atoms. The monoisotopic (exact) mass is 408 g/mol. The quantitative estimate of drug-likeness (QED) is 0.405. The number of hydrogen-bond acceptors (Lipinski definition) is 6. The minimum atomic E-state index is -1.16. The van der Waals surface area contributed by atoms with Crippen molar-refractivity contribution in [1.29, 1.82) is 0 Å². The van der Waals surface area contributed by atoms with Crippen LogP contribution in [0.25, 0.3) is 0 Å². The van der Waals surface area contributed by atoms with Crippen molar-refractivity contribution in [2.75, 3.05) is 13.2 Å². The molecule has 0 radical (unpaired) electrons. The molecule has 0 amide bonds. The SMILES string of the molecule is CC(C)(N)CC(C)(C)OCCOC(C)(CC(C)(C)N)C(=O)OCc1ccccc1. The molecule has 0 fully saturated rings. The summed E-state index contributed by atoms with van der Waals surface area (Å²) in [7, 11) is 0. The normalized spacial score (nSPS) is 15.1. The Labute approximate surface area is 176 Å². The largest absolute Gasteiger partial charge is 0.459 e. The van der Waals surface area contributed by atoms with Crippen LogP contribution in [0.2, 0.25) is 0 Å². The van der Waals surface area contributed by atoms with Gasteiger partial charge >= 0.3 is 5.97 Å². The van der Waals surface area contributed by atoms with Gasteiger partial charge < -0.3 is 25.7 Å². The number of rotatable bonds is 12. The van der Waals surface area contributed by atoms with E-state index < -0.39 is 17.1 Å². The lowest BCUT2D eigenvalue weighted by Gasteiger charge is -2.35. The molecule has 1 atom stereocenters. The van der Waals surface area contributed by atoms with Gasteiger partial charge in [-0.25, -0.2) is 4.79 Å². The number of ether oxygens (including phenoxy) is 3. The third-order valence-electron chi connectivity index (χ3n) is 4.32. The molecule has 1 rings (SSSR count). The zero-order valence-electron chi connectivity index (χ0n) is 19.2. The molecular weight excluding hydrogens is 368 g/mol. The van der Waals surface area contributed by atoms with Gasteiger partial charge in [0.2, 0.25) is 0 Å². The zero-order valence-corrected chi connectivity index (χ0v) is 19.2. The minimum absolute atomic E-state index is 0.193. The molecule has 6 heteroatoms. The second-order valence-electron chi connectivity index (χ2n) is 10.1. The summed E-state index contributed by atoms with van der Waals surface area (Å²) in [5.41, 5.74) is 10.7. The summed E-state index contributed by atoms with van der Waals surface area (Å²) in [6.45, 7) is 14.2. The van der Waals surface area contributed by atoms with Crippen LogP contribution < -0.4 is 11.5 Å². The molecule has 1 unspecified atom stereocenters. The molecule has 1 aromatic rings. The third-order valence-corrected chi connectivity index (χ3v) is 4.32. The number of esters is 1. The van der Waals surface area contributed by atoms with Crippen molar-refractivity contribution in [3.8, 4) is 0 Å². The molecule has 4 N–H and O–H groups in total. The molecule has 166 valence electrons. The van der Waals surface area contributed by atoms with Crippen LogP contribution in [0.1, 0.15) is 66.9 Å². The van der Waals surface area contributed by atoms with Gasteiger partial charge in [-0.15, -0.1) is 0 Å². The minimum Gasteiger partial charge on any atom is -0.459 e. The fourth-order valence-corrected chi connectivity index (χ4v) is 3.66. The summed E-state index contributed by atoms with van der Waals surface area (Å²) >= 11 is 0. The number of carbonyl (C=O) groups excluding carboxylic acids is 1. The highest BCUT2D eigenvalue weighted by Crippen LogP contribution is 2.26. The molecule has 0 heterocycles. The second kappa shape index (κ2) is 10.0. The van der Waals surface area contributed by atoms with E-state index in [0.29, 0.717) is 19.4 Å². The van der Waals surface area contributed by atoms with E-state index >= 15 is 0 Å².